The van der Waals surface area contributed by atoms with Crippen LogP contribution in [0.1, 0.15) is 74.7 Å². The number of nitriles is 1. The van der Waals surface area contributed by atoms with Crippen LogP contribution in [0.5, 0.6) is 0 Å². The van der Waals surface area contributed by atoms with Crippen molar-refractivity contribution in [1.29, 1.82) is 5.26 Å². The summed E-state index contributed by atoms with van der Waals surface area (Å²) in [6.45, 7) is 0. The van der Waals surface area contributed by atoms with Gasteiger partial charge < -0.3 is 4.98 Å². The molecule has 6 aromatic rings. The Morgan fingerprint density at radius 3 is 2.36 bits per heavy atom. The number of nitrogens with one attached hydrogen (secondary N) is 1. The molecule has 5 unspecified atom stereocenters. The highest BCUT2D eigenvalue weighted by Gasteiger charge is 2.53. The number of aromatic amines is 1. The lowest BCUT2D eigenvalue weighted by Crippen LogP contribution is -2.34. The first-order valence-corrected chi connectivity index (χ1v) is 18.1. The monoisotopic (exact) mass is 636 g/mol. The molecule has 1 aromatic heterocycles. The largest absolute Gasteiger partial charge is 0.354 e. The number of fused-ring (bicyclic) bond motifs is 12. The lowest BCUT2D eigenvalue weighted by Gasteiger charge is -2.45. The molecule has 1 spiro atoms. The second-order valence-electron chi connectivity index (χ2n) is 14.9. The number of H-pyrrole nitrogens is 1. The van der Waals surface area contributed by atoms with Crippen LogP contribution in [0.25, 0.3) is 44.6 Å². The van der Waals surface area contributed by atoms with E-state index in [9.17, 15) is 5.26 Å². The highest BCUT2D eigenvalue weighted by Crippen LogP contribution is 2.64. The van der Waals surface area contributed by atoms with Crippen LogP contribution >= 0.6 is 0 Å². The SMILES string of the molecule is N#Cc1cc2[nH]c3cc4c(cc3c2c2c1C1c3ccccc3/C=C\C2C2C=CC=CC12)C1(C2=C(CCC=C2)c2ccccc21)c1ccccc1-4. The third-order valence-corrected chi connectivity index (χ3v) is 13.0. The zero-order chi connectivity index (χ0) is 32.7. The molecule has 234 valence electrons. The standard InChI is InChI=1S/C48H32N2/c49-26-28-23-43-46(47-35-22-21-27-11-1-2-12-29(27)45(44(28)47)34-17-4-3-13-30(34)35)37-24-41-36(25-42(37)50-43)33-16-7-10-20-40(33)48(41)38-18-8-5-14-31(38)32-15-6-9-19-39(32)48/h1-5,7-14,16-25,30,34-35,45,50H,6,15H2/b22-21-. The molecule has 1 heterocycles. The van der Waals surface area contributed by atoms with E-state index in [4.69, 9.17) is 0 Å². The molecule has 7 aliphatic rings. The number of aromatic nitrogens is 1. The molecular formula is C48H32N2. The summed E-state index contributed by atoms with van der Waals surface area (Å²) in [6.07, 6.45) is 21.0. The van der Waals surface area contributed by atoms with E-state index >= 15 is 0 Å². The van der Waals surface area contributed by atoms with Crippen molar-refractivity contribution < 1.29 is 0 Å². The Labute approximate surface area is 291 Å². The molecule has 0 saturated heterocycles. The van der Waals surface area contributed by atoms with Gasteiger partial charge in [-0.05, 0) is 110 Å². The minimum atomic E-state index is -0.354. The first-order valence-electron chi connectivity index (χ1n) is 18.1. The Morgan fingerprint density at radius 1 is 0.700 bits per heavy atom. The molecule has 0 saturated carbocycles. The summed E-state index contributed by atoms with van der Waals surface area (Å²) in [5.74, 6) is 0.858. The first-order chi connectivity index (χ1) is 24.8. The van der Waals surface area contributed by atoms with Gasteiger partial charge in [0.2, 0.25) is 0 Å². The fraction of sp³-hybridized carbons (Fsp3) is 0.146. The maximum Gasteiger partial charge on any atom is 0.0995 e. The van der Waals surface area contributed by atoms with Gasteiger partial charge in [-0.1, -0.05) is 121 Å². The van der Waals surface area contributed by atoms with Crippen molar-refractivity contribution in [3.63, 3.8) is 0 Å². The molecular weight excluding hydrogens is 605 g/mol. The van der Waals surface area contributed by atoms with Crippen molar-refractivity contribution in [1.82, 2.24) is 4.98 Å². The van der Waals surface area contributed by atoms with E-state index in [-0.39, 0.29) is 17.3 Å². The van der Waals surface area contributed by atoms with E-state index < -0.39 is 0 Å². The topological polar surface area (TPSA) is 39.6 Å². The van der Waals surface area contributed by atoms with Gasteiger partial charge in [-0.25, -0.2) is 0 Å². The van der Waals surface area contributed by atoms with E-state index in [2.05, 4.69) is 151 Å². The molecule has 50 heavy (non-hydrogen) atoms. The van der Waals surface area contributed by atoms with Crippen molar-refractivity contribution in [2.24, 2.45) is 11.8 Å². The van der Waals surface area contributed by atoms with Gasteiger partial charge in [-0.3, -0.25) is 0 Å². The molecule has 0 amide bonds. The van der Waals surface area contributed by atoms with Crippen LogP contribution in [-0.2, 0) is 5.41 Å². The Kier molecular flexibility index (Phi) is 5.07. The van der Waals surface area contributed by atoms with Gasteiger partial charge in [-0.2, -0.15) is 5.26 Å². The Hall–Kier alpha value is -5.91. The van der Waals surface area contributed by atoms with Gasteiger partial charge in [-0.15, -0.1) is 0 Å². The molecule has 2 bridgehead atoms. The van der Waals surface area contributed by atoms with Gasteiger partial charge >= 0.3 is 0 Å². The van der Waals surface area contributed by atoms with Crippen molar-refractivity contribution in [2.45, 2.75) is 30.1 Å². The molecule has 13 rings (SSSR count). The van der Waals surface area contributed by atoms with Crippen LogP contribution < -0.4 is 0 Å². The van der Waals surface area contributed by atoms with Crippen LogP contribution in [-0.4, -0.2) is 4.98 Å². The second-order valence-corrected chi connectivity index (χ2v) is 14.9. The third kappa shape index (κ3) is 3.07. The summed E-state index contributed by atoms with van der Waals surface area (Å²) in [6, 6.07) is 36.9. The predicted molar refractivity (Wildman–Crippen MR) is 203 cm³/mol. The number of nitrogens with zero attached hydrogens (tertiary/aromatic N) is 1. The third-order valence-electron chi connectivity index (χ3n) is 13.0. The fourth-order valence-electron chi connectivity index (χ4n) is 11.2. The quantitative estimate of drug-likeness (QED) is 0.177. The summed E-state index contributed by atoms with van der Waals surface area (Å²) < 4.78 is 0. The lowest BCUT2D eigenvalue weighted by atomic mass is 9.58. The van der Waals surface area contributed by atoms with Gasteiger partial charge in [0.25, 0.3) is 0 Å². The van der Waals surface area contributed by atoms with E-state index in [0.717, 1.165) is 29.4 Å². The van der Waals surface area contributed by atoms with Crippen LogP contribution in [0.4, 0.5) is 0 Å². The highest BCUT2D eigenvalue weighted by atomic mass is 14.7. The van der Waals surface area contributed by atoms with E-state index in [1.165, 1.54) is 77.6 Å². The normalized spacial score (nSPS) is 26.1. The molecule has 7 aliphatic carbocycles. The average Bonchev–Trinajstić information content (AvgIpc) is 3.77. The zero-order valence-electron chi connectivity index (χ0n) is 27.4. The molecule has 0 radical (unpaired) electrons. The van der Waals surface area contributed by atoms with E-state index in [1.54, 1.807) is 0 Å². The first kappa shape index (κ1) is 27.0. The maximum absolute atomic E-state index is 10.8. The summed E-state index contributed by atoms with van der Waals surface area (Å²) in [7, 11) is 0. The highest BCUT2D eigenvalue weighted by molar-refractivity contribution is 6.13. The average molecular weight is 637 g/mol. The zero-order valence-corrected chi connectivity index (χ0v) is 27.4. The smallest absolute Gasteiger partial charge is 0.0995 e. The van der Waals surface area contributed by atoms with Crippen LogP contribution in [0, 0.1) is 23.2 Å². The summed E-state index contributed by atoms with van der Waals surface area (Å²) in [5, 5.41) is 13.4. The molecule has 0 fully saturated rings. The molecule has 1 N–H and O–H groups in total. The van der Waals surface area contributed by atoms with Crippen LogP contribution in [0.2, 0.25) is 0 Å². The van der Waals surface area contributed by atoms with Gasteiger partial charge in [0.05, 0.1) is 17.0 Å². The fourth-order valence-corrected chi connectivity index (χ4v) is 11.2. The number of rotatable bonds is 0. The Morgan fingerprint density at radius 2 is 1.48 bits per heavy atom. The number of benzene rings is 5. The van der Waals surface area contributed by atoms with E-state index in [1.807, 2.05) is 0 Å². The molecule has 2 nitrogen and oxygen atoms in total. The number of hydrogen-bond acceptors (Lipinski definition) is 1. The summed E-state index contributed by atoms with van der Waals surface area (Å²) >= 11 is 0. The van der Waals surface area contributed by atoms with Gasteiger partial charge in [0, 0.05) is 33.6 Å². The van der Waals surface area contributed by atoms with Crippen molar-refractivity contribution in [2.75, 3.05) is 0 Å². The Bertz CT molecular complexity index is 2750. The van der Waals surface area contributed by atoms with Gasteiger partial charge in [0.1, 0.15) is 0 Å². The lowest BCUT2D eigenvalue weighted by molar-refractivity contribution is 0.366. The maximum atomic E-state index is 10.8. The van der Waals surface area contributed by atoms with Gasteiger partial charge in [0.15, 0.2) is 0 Å². The Balaban J connectivity index is 1.23. The van der Waals surface area contributed by atoms with E-state index in [0.29, 0.717) is 11.8 Å². The summed E-state index contributed by atoms with van der Waals surface area (Å²) in [4.78, 5) is 3.87. The predicted octanol–water partition coefficient (Wildman–Crippen LogP) is 11.2. The minimum absolute atomic E-state index is 0.101. The number of allylic oxidation sites excluding steroid dienone is 9. The molecule has 5 atom stereocenters. The van der Waals surface area contributed by atoms with Crippen molar-refractivity contribution >= 4 is 33.5 Å². The molecule has 0 aliphatic heterocycles. The second kappa shape index (κ2) is 9.41. The summed E-state index contributed by atoms with van der Waals surface area (Å²) in [5.41, 5.74) is 18.9. The van der Waals surface area contributed by atoms with Crippen molar-refractivity contribution in [3.8, 4) is 17.2 Å². The number of hydrogen-bond donors (Lipinski definition) is 1. The van der Waals surface area contributed by atoms with Crippen LogP contribution in [0.15, 0.2) is 139 Å². The molecule has 2 heteroatoms. The van der Waals surface area contributed by atoms with Crippen molar-refractivity contribution in [3.05, 3.63) is 189 Å². The minimum Gasteiger partial charge on any atom is -0.354 e. The van der Waals surface area contributed by atoms with Crippen LogP contribution in [0.3, 0.4) is 0 Å². The molecule has 5 aromatic carbocycles.